The van der Waals surface area contributed by atoms with Gasteiger partial charge in [0.25, 0.3) is 0 Å². The van der Waals surface area contributed by atoms with Crippen LogP contribution in [0.25, 0.3) is 0 Å². The van der Waals surface area contributed by atoms with Crippen LogP contribution in [0, 0.1) is 0 Å². The fourth-order valence-electron chi connectivity index (χ4n) is 1.83. The van der Waals surface area contributed by atoms with Crippen LogP contribution in [0.1, 0.15) is 18.4 Å². The Hall–Kier alpha value is -2.25. The predicted molar refractivity (Wildman–Crippen MR) is 91.0 cm³/mol. The SMILES string of the molecule is CCOc1ccc(S(=O)(=O)NCCC(=O)Nc2nnc(C(F)(F)F)s2)cc1. The van der Waals surface area contributed by atoms with E-state index in [1.807, 2.05) is 0 Å². The molecular formula is C14H15F3N4O4S2. The fraction of sp³-hybridized carbons (Fsp3) is 0.357. The molecule has 0 radical (unpaired) electrons. The van der Waals surface area contributed by atoms with Gasteiger partial charge in [0.05, 0.1) is 11.5 Å². The van der Waals surface area contributed by atoms with Gasteiger partial charge in [-0.15, -0.1) is 10.2 Å². The minimum absolute atomic E-state index is 0.00898. The summed E-state index contributed by atoms with van der Waals surface area (Å²) in [4.78, 5) is 11.7. The average Bonchev–Trinajstić information content (AvgIpc) is 3.04. The molecule has 1 heterocycles. The number of carbonyl (C=O) groups excluding carboxylic acids is 1. The smallest absolute Gasteiger partial charge is 0.445 e. The summed E-state index contributed by atoms with van der Waals surface area (Å²) in [6.07, 6.45) is -4.94. The number of amides is 1. The molecule has 8 nitrogen and oxygen atoms in total. The van der Waals surface area contributed by atoms with Gasteiger partial charge >= 0.3 is 6.18 Å². The van der Waals surface area contributed by atoms with Crippen molar-refractivity contribution >= 4 is 32.4 Å². The van der Waals surface area contributed by atoms with Gasteiger partial charge in [-0.1, -0.05) is 11.3 Å². The Balaban J connectivity index is 1.85. The number of halogens is 3. The maximum atomic E-state index is 12.4. The molecule has 2 rings (SSSR count). The maximum absolute atomic E-state index is 12.4. The predicted octanol–water partition coefficient (Wildman–Crippen LogP) is 2.26. The number of ether oxygens (including phenoxy) is 1. The summed E-state index contributed by atoms with van der Waals surface area (Å²) in [6, 6.07) is 5.71. The molecule has 1 aromatic carbocycles. The van der Waals surface area contributed by atoms with E-state index in [0.29, 0.717) is 12.4 Å². The molecule has 0 fully saturated rings. The van der Waals surface area contributed by atoms with Crippen LogP contribution in [0.2, 0.25) is 0 Å². The van der Waals surface area contributed by atoms with E-state index in [9.17, 15) is 26.4 Å². The molecule has 0 bridgehead atoms. The topological polar surface area (TPSA) is 110 Å². The summed E-state index contributed by atoms with van der Waals surface area (Å²) in [5.74, 6) is -0.180. The van der Waals surface area contributed by atoms with Crippen LogP contribution < -0.4 is 14.8 Å². The lowest BCUT2D eigenvalue weighted by Gasteiger charge is -2.08. The minimum atomic E-state index is -4.64. The van der Waals surface area contributed by atoms with E-state index in [0.717, 1.165) is 0 Å². The van der Waals surface area contributed by atoms with Gasteiger partial charge in [0.2, 0.25) is 26.1 Å². The zero-order valence-electron chi connectivity index (χ0n) is 13.9. The van der Waals surface area contributed by atoms with Gasteiger partial charge in [-0.25, -0.2) is 13.1 Å². The van der Waals surface area contributed by atoms with Crippen LogP contribution in [0.4, 0.5) is 18.3 Å². The fourth-order valence-corrected chi connectivity index (χ4v) is 3.49. The highest BCUT2D eigenvalue weighted by Crippen LogP contribution is 2.32. The Labute approximate surface area is 156 Å². The molecule has 0 aliphatic rings. The molecule has 0 aliphatic carbocycles. The highest BCUT2D eigenvalue weighted by molar-refractivity contribution is 7.89. The summed E-state index contributed by atoms with van der Waals surface area (Å²) in [5.41, 5.74) is 0. The monoisotopic (exact) mass is 424 g/mol. The van der Waals surface area contributed by atoms with Gasteiger partial charge in [0, 0.05) is 13.0 Å². The van der Waals surface area contributed by atoms with Gasteiger partial charge in [-0.05, 0) is 31.2 Å². The molecule has 0 unspecified atom stereocenters. The lowest BCUT2D eigenvalue weighted by atomic mass is 10.3. The second-order valence-electron chi connectivity index (χ2n) is 5.01. The van der Waals surface area contributed by atoms with E-state index in [-0.39, 0.29) is 34.3 Å². The lowest BCUT2D eigenvalue weighted by Crippen LogP contribution is -2.27. The molecule has 0 saturated heterocycles. The average molecular weight is 424 g/mol. The zero-order chi connectivity index (χ0) is 20.1. The summed E-state index contributed by atoms with van der Waals surface area (Å²) < 4.78 is 68.9. The van der Waals surface area contributed by atoms with Crippen molar-refractivity contribution in [1.29, 1.82) is 0 Å². The Morgan fingerprint density at radius 3 is 2.44 bits per heavy atom. The zero-order valence-corrected chi connectivity index (χ0v) is 15.5. The number of sulfonamides is 1. The van der Waals surface area contributed by atoms with Crippen LogP contribution in [-0.4, -0.2) is 37.7 Å². The highest BCUT2D eigenvalue weighted by atomic mass is 32.2. The third-order valence-corrected chi connectivity index (χ3v) is 5.36. The third-order valence-electron chi connectivity index (χ3n) is 3.00. The maximum Gasteiger partial charge on any atom is 0.445 e. The number of hydrogen-bond donors (Lipinski definition) is 2. The van der Waals surface area contributed by atoms with Crippen molar-refractivity contribution in [3.63, 3.8) is 0 Å². The first-order valence-electron chi connectivity index (χ1n) is 7.55. The van der Waals surface area contributed by atoms with E-state index in [2.05, 4.69) is 20.2 Å². The van der Waals surface area contributed by atoms with Gasteiger partial charge in [0.1, 0.15) is 5.75 Å². The number of benzene rings is 1. The van der Waals surface area contributed by atoms with Crippen molar-refractivity contribution in [2.45, 2.75) is 24.4 Å². The molecule has 2 aromatic rings. The molecule has 0 saturated carbocycles. The Morgan fingerprint density at radius 2 is 1.89 bits per heavy atom. The standard InChI is InChI=1S/C14H15F3N4O4S2/c1-2-25-9-3-5-10(6-4-9)27(23,24)18-8-7-11(22)19-13-21-20-12(26-13)14(15,16)17/h3-6,18H,2,7-8H2,1H3,(H,19,21,22). The first-order valence-corrected chi connectivity index (χ1v) is 9.85. The summed E-state index contributed by atoms with van der Waals surface area (Å²) >= 11 is 0.180. The van der Waals surface area contributed by atoms with Crippen LogP contribution in [0.15, 0.2) is 29.2 Å². The summed E-state index contributed by atoms with van der Waals surface area (Å²) in [5, 5.41) is 6.78. The van der Waals surface area contributed by atoms with Crippen LogP contribution in [0.3, 0.4) is 0 Å². The number of nitrogens with zero attached hydrogens (tertiary/aromatic N) is 2. The molecule has 0 aliphatic heterocycles. The second kappa shape index (κ2) is 8.63. The summed E-state index contributed by atoms with van der Waals surface area (Å²) in [6.45, 7) is 1.99. The number of rotatable bonds is 8. The normalized spacial score (nSPS) is 12.0. The Bertz CT molecular complexity index is 883. The number of hydrogen-bond acceptors (Lipinski definition) is 7. The molecule has 0 atom stereocenters. The number of nitrogens with one attached hydrogen (secondary N) is 2. The second-order valence-corrected chi connectivity index (χ2v) is 7.75. The quantitative estimate of drug-likeness (QED) is 0.673. The molecular weight excluding hydrogens is 409 g/mol. The number of aromatic nitrogens is 2. The van der Waals surface area contributed by atoms with Crippen LogP contribution >= 0.6 is 11.3 Å². The molecule has 0 spiro atoms. The Morgan fingerprint density at radius 1 is 1.22 bits per heavy atom. The van der Waals surface area contributed by atoms with E-state index < -0.39 is 27.1 Å². The molecule has 13 heteroatoms. The van der Waals surface area contributed by atoms with E-state index in [1.54, 1.807) is 6.92 Å². The highest BCUT2D eigenvalue weighted by Gasteiger charge is 2.35. The Kier molecular flexibility index (Phi) is 6.73. The van der Waals surface area contributed by atoms with Crippen molar-refractivity contribution in [2.24, 2.45) is 0 Å². The van der Waals surface area contributed by atoms with Crippen LogP contribution in [0.5, 0.6) is 5.75 Å². The summed E-state index contributed by atoms with van der Waals surface area (Å²) in [7, 11) is -3.84. The van der Waals surface area contributed by atoms with Gasteiger partial charge in [0.15, 0.2) is 0 Å². The molecule has 27 heavy (non-hydrogen) atoms. The van der Waals surface area contributed by atoms with Crippen molar-refractivity contribution in [3.8, 4) is 5.75 Å². The van der Waals surface area contributed by atoms with Crippen LogP contribution in [-0.2, 0) is 21.0 Å². The third kappa shape index (κ3) is 6.15. The van der Waals surface area contributed by atoms with Gasteiger partial charge < -0.3 is 10.1 Å². The molecule has 148 valence electrons. The molecule has 1 amide bonds. The first kappa shape index (κ1) is 21.1. The number of anilines is 1. The van der Waals surface area contributed by atoms with Crippen molar-refractivity contribution in [3.05, 3.63) is 29.3 Å². The minimum Gasteiger partial charge on any atom is -0.494 e. The van der Waals surface area contributed by atoms with Crippen molar-refractivity contribution < 1.29 is 31.1 Å². The van der Waals surface area contributed by atoms with Crippen molar-refractivity contribution in [2.75, 3.05) is 18.5 Å². The van der Waals surface area contributed by atoms with Gasteiger partial charge in [-0.3, -0.25) is 4.79 Å². The largest absolute Gasteiger partial charge is 0.494 e. The first-order chi connectivity index (χ1) is 12.6. The van der Waals surface area contributed by atoms with E-state index >= 15 is 0 Å². The lowest BCUT2D eigenvalue weighted by molar-refractivity contribution is -0.138. The van der Waals surface area contributed by atoms with Gasteiger partial charge in [-0.2, -0.15) is 13.2 Å². The number of carbonyl (C=O) groups is 1. The molecule has 1 aromatic heterocycles. The van der Waals surface area contributed by atoms with Crippen molar-refractivity contribution in [1.82, 2.24) is 14.9 Å². The van der Waals surface area contributed by atoms with E-state index in [1.165, 1.54) is 24.3 Å². The van der Waals surface area contributed by atoms with E-state index in [4.69, 9.17) is 4.74 Å². The molecule has 2 N–H and O–H groups in total. The number of alkyl halides is 3.